The summed E-state index contributed by atoms with van der Waals surface area (Å²) in [5, 5.41) is 12.1. The zero-order valence-corrected chi connectivity index (χ0v) is 10.0. The molecule has 6 heteroatoms. The molecule has 1 amide bonds. The molecule has 4 nitrogen and oxygen atoms in total. The number of hydrogen-bond donors (Lipinski definition) is 3. The van der Waals surface area contributed by atoms with Crippen molar-refractivity contribution in [3.8, 4) is 0 Å². The number of amides is 1. The third-order valence-corrected chi connectivity index (χ3v) is 2.68. The first-order valence-electron chi connectivity index (χ1n) is 5.07. The van der Waals surface area contributed by atoms with Gasteiger partial charge in [0.05, 0.1) is 5.02 Å². The summed E-state index contributed by atoms with van der Waals surface area (Å²) in [5.41, 5.74) is 5.66. The molecule has 0 heterocycles. The molecule has 0 saturated heterocycles. The quantitative estimate of drug-likeness (QED) is 0.739. The minimum Gasteiger partial charge on any atom is -0.382 e. The average molecular weight is 261 g/mol. The Morgan fingerprint density at radius 2 is 2.29 bits per heavy atom. The van der Waals surface area contributed by atoms with Gasteiger partial charge in [-0.15, -0.1) is 0 Å². The molecule has 2 atom stereocenters. The van der Waals surface area contributed by atoms with Crippen LogP contribution in [0.1, 0.15) is 18.5 Å². The molecule has 0 aliphatic carbocycles. The Morgan fingerprint density at radius 3 is 2.82 bits per heavy atom. The van der Waals surface area contributed by atoms with Gasteiger partial charge in [0, 0.05) is 12.6 Å². The van der Waals surface area contributed by atoms with E-state index < -0.39 is 17.8 Å². The number of halogens is 2. The molecule has 94 valence electrons. The zero-order valence-electron chi connectivity index (χ0n) is 9.28. The van der Waals surface area contributed by atoms with Crippen LogP contribution in [0.4, 0.5) is 4.39 Å². The van der Waals surface area contributed by atoms with Crippen LogP contribution in [0.25, 0.3) is 0 Å². The summed E-state index contributed by atoms with van der Waals surface area (Å²) in [6.45, 7) is 1.84. The van der Waals surface area contributed by atoms with E-state index in [9.17, 15) is 14.3 Å². The van der Waals surface area contributed by atoms with E-state index in [4.69, 9.17) is 17.3 Å². The molecule has 0 spiro atoms. The van der Waals surface area contributed by atoms with Crippen LogP contribution in [0.3, 0.4) is 0 Å². The summed E-state index contributed by atoms with van der Waals surface area (Å²) < 4.78 is 12.9. The minimum absolute atomic E-state index is 0.0332. The predicted octanol–water partition coefficient (Wildman–Crippen LogP) is 0.976. The van der Waals surface area contributed by atoms with Crippen LogP contribution in [0, 0.1) is 5.82 Å². The van der Waals surface area contributed by atoms with Gasteiger partial charge in [-0.2, -0.15) is 0 Å². The van der Waals surface area contributed by atoms with E-state index in [0.29, 0.717) is 0 Å². The van der Waals surface area contributed by atoms with Crippen LogP contribution in [0.15, 0.2) is 18.2 Å². The molecule has 0 bridgehead atoms. The first-order chi connectivity index (χ1) is 7.91. The molecule has 17 heavy (non-hydrogen) atoms. The molecule has 0 aliphatic rings. The van der Waals surface area contributed by atoms with Gasteiger partial charge in [0.2, 0.25) is 5.91 Å². The predicted molar refractivity (Wildman–Crippen MR) is 63.0 cm³/mol. The van der Waals surface area contributed by atoms with Gasteiger partial charge in [-0.3, -0.25) is 4.79 Å². The molecule has 1 aromatic carbocycles. The van der Waals surface area contributed by atoms with Gasteiger partial charge in [-0.25, -0.2) is 4.39 Å². The normalized spacial score (nSPS) is 14.4. The van der Waals surface area contributed by atoms with E-state index >= 15 is 0 Å². The number of aliphatic hydroxyl groups is 1. The lowest BCUT2D eigenvalue weighted by atomic mass is 10.1. The van der Waals surface area contributed by atoms with E-state index in [0.717, 1.165) is 5.56 Å². The molecule has 0 saturated carbocycles. The topological polar surface area (TPSA) is 75.3 Å². The molecular weight excluding hydrogens is 247 g/mol. The van der Waals surface area contributed by atoms with Crippen molar-refractivity contribution >= 4 is 17.5 Å². The van der Waals surface area contributed by atoms with Gasteiger partial charge in [0.1, 0.15) is 11.9 Å². The maximum atomic E-state index is 12.9. The fourth-order valence-electron chi connectivity index (χ4n) is 1.29. The van der Waals surface area contributed by atoms with Gasteiger partial charge in [-0.1, -0.05) is 17.7 Å². The second kappa shape index (κ2) is 5.95. The van der Waals surface area contributed by atoms with Crippen molar-refractivity contribution in [1.29, 1.82) is 0 Å². The van der Waals surface area contributed by atoms with Crippen molar-refractivity contribution in [2.24, 2.45) is 5.73 Å². The number of carbonyl (C=O) groups is 1. The van der Waals surface area contributed by atoms with E-state index in [-0.39, 0.29) is 17.6 Å². The molecule has 0 radical (unpaired) electrons. The standard InChI is InChI=1S/C11H14ClFN2O2/c1-6(15-5-10(16)11(14)17)7-2-3-9(13)8(12)4-7/h2-4,6,10,15-16H,5H2,1H3,(H2,14,17). The first kappa shape index (κ1) is 13.9. The lowest BCUT2D eigenvalue weighted by Crippen LogP contribution is -2.38. The summed E-state index contributed by atoms with van der Waals surface area (Å²) in [4.78, 5) is 10.6. The van der Waals surface area contributed by atoms with E-state index in [1.807, 2.05) is 0 Å². The highest BCUT2D eigenvalue weighted by atomic mass is 35.5. The van der Waals surface area contributed by atoms with Crippen LogP contribution in [-0.2, 0) is 4.79 Å². The maximum Gasteiger partial charge on any atom is 0.247 e. The Bertz CT molecular complexity index is 414. The van der Waals surface area contributed by atoms with Gasteiger partial charge in [-0.05, 0) is 24.6 Å². The number of carbonyl (C=O) groups excluding carboxylic acids is 1. The Hall–Kier alpha value is -1.17. The molecule has 1 rings (SSSR count). The van der Waals surface area contributed by atoms with Crippen LogP contribution in [-0.4, -0.2) is 23.7 Å². The largest absolute Gasteiger partial charge is 0.382 e. The van der Waals surface area contributed by atoms with Crippen molar-refractivity contribution in [2.75, 3.05) is 6.54 Å². The van der Waals surface area contributed by atoms with Crippen molar-refractivity contribution < 1.29 is 14.3 Å². The summed E-state index contributed by atoms with van der Waals surface area (Å²) in [6, 6.07) is 4.16. The second-order valence-electron chi connectivity index (χ2n) is 3.72. The Morgan fingerprint density at radius 1 is 1.65 bits per heavy atom. The van der Waals surface area contributed by atoms with Crippen molar-refractivity contribution in [1.82, 2.24) is 5.32 Å². The molecular formula is C11H14ClFN2O2. The number of nitrogens with one attached hydrogen (secondary N) is 1. The molecule has 1 aromatic rings. The number of hydrogen-bond acceptors (Lipinski definition) is 3. The monoisotopic (exact) mass is 260 g/mol. The number of benzene rings is 1. The fourth-order valence-corrected chi connectivity index (χ4v) is 1.48. The van der Waals surface area contributed by atoms with Crippen molar-refractivity contribution in [3.05, 3.63) is 34.6 Å². The first-order valence-corrected chi connectivity index (χ1v) is 5.45. The highest BCUT2D eigenvalue weighted by Crippen LogP contribution is 2.20. The third-order valence-electron chi connectivity index (χ3n) is 2.39. The highest BCUT2D eigenvalue weighted by Gasteiger charge is 2.13. The van der Waals surface area contributed by atoms with Crippen molar-refractivity contribution in [3.63, 3.8) is 0 Å². The van der Waals surface area contributed by atoms with E-state index in [1.54, 1.807) is 13.0 Å². The zero-order chi connectivity index (χ0) is 13.0. The van der Waals surface area contributed by atoms with Crippen LogP contribution in [0.5, 0.6) is 0 Å². The van der Waals surface area contributed by atoms with Gasteiger partial charge in [0.15, 0.2) is 0 Å². The molecule has 4 N–H and O–H groups in total. The molecule has 0 fully saturated rings. The smallest absolute Gasteiger partial charge is 0.247 e. The lowest BCUT2D eigenvalue weighted by Gasteiger charge is -2.16. The summed E-state index contributed by atoms with van der Waals surface area (Å²) >= 11 is 5.64. The van der Waals surface area contributed by atoms with Gasteiger partial charge in [0.25, 0.3) is 0 Å². The van der Waals surface area contributed by atoms with Gasteiger partial charge < -0.3 is 16.2 Å². The van der Waals surface area contributed by atoms with Gasteiger partial charge >= 0.3 is 0 Å². The van der Waals surface area contributed by atoms with Crippen LogP contribution < -0.4 is 11.1 Å². The SMILES string of the molecule is CC(NCC(O)C(N)=O)c1ccc(F)c(Cl)c1. The molecule has 0 aromatic heterocycles. The lowest BCUT2D eigenvalue weighted by molar-refractivity contribution is -0.125. The van der Waals surface area contributed by atoms with E-state index in [1.165, 1.54) is 12.1 Å². The van der Waals surface area contributed by atoms with E-state index in [2.05, 4.69) is 5.32 Å². The highest BCUT2D eigenvalue weighted by molar-refractivity contribution is 6.30. The second-order valence-corrected chi connectivity index (χ2v) is 4.13. The third kappa shape index (κ3) is 3.96. The fraction of sp³-hybridized carbons (Fsp3) is 0.364. The Balaban J connectivity index is 2.60. The minimum atomic E-state index is -1.24. The number of aliphatic hydroxyl groups excluding tert-OH is 1. The Kier molecular flexibility index (Phi) is 4.86. The van der Waals surface area contributed by atoms with Crippen molar-refractivity contribution in [2.45, 2.75) is 19.1 Å². The Labute approximate surface area is 104 Å². The maximum absolute atomic E-state index is 12.9. The summed E-state index contributed by atoms with van der Waals surface area (Å²) in [5.74, 6) is -1.28. The number of nitrogens with two attached hydrogens (primary N) is 1. The average Bonchev–Trinajstić information content (AvgIpc) is 2.28. The number of primary amides is 1. The summed E-state index contributed by atoms with van der Waals surface area (Å²) in [7, 11) is 0. The number of rotatable bonds is 5. The van der Waals surface area contributed by atoms with Crippen LogP contribution in [0.2, 0.25) is 5.02 Å². The molecule has 0 aliphatic heterocycles. The molecule has 2 unspecified atom stereocenters. The summed E-state index contributed by atoms with van der Waals surface area (Å²) in [6.07, 6.45) is -1.24. The van der Waals surface area contributed by atoms with Crippen LogP contribution >= 0.6 is 11.6 Å².